The molecule has 4 rings (SSSR count). The van der Waals surface area contributed by atoms with E-state index in [0.717, 1.165) is 11.8 Å². The summed E-state index contributed by atoms with van der Waals surface area (Å²) in [6.07, 6.45) is 1.19. The first-order chi connectivity index (χ1) is 23.3. The van der Waals surface area contributed by atoms with Gasteiger partial charge >= 0.3 is 22.3 Å². The second kappa shape index (κ2) is 17.8. The van der Waals surface area contributed by atoms with Crippen LogP contribution >= 0.6 is 35.6 Å². The van der Waals surface area contributed by atoms with E-state index in [-0.39, 0.29) is 44.4 Å². The van der Waals surface area contributed by atoms with E-state index in [1.54, 1.807) is 30.3 Å². The summed E-state index contributed by atoms with van der Waals surface area (Å²) < 4.78 is 39.1. The Hall–Kier alpha value is -5.45. The number of amides is 1. The molecule has 260 valence electrons. The summed E-state index contributed by atoms with van der Waals surface area (Å²) in [6, 6.07) is 16.7. The molecule has 0 atom stereocenters. The Balaban J connectivity index is 0.00000676. The molecule has 0 aliphatic heterocycles. The molecule has 0 saturated heterocycles. The number of thiocarbonyl (C=S) groups is 1. The molecular weight excluding hydrogens is 740 g/mol. The third kappa shape index (κ3) is 11.9. The number of anilines is 3. The van der Waals surface area contributed by atoms with Crippen LogP contribution in [0.4, 0.5) is 34.4 Å². The van der Waals surface area contributed by atoms with Crippen LogP contribution < -0.4 is 10.6 Å². The molecule has 0 unspecified atom stereocenters. The van der Waals surface area contributed by atoms with Crippen molar-refractivity contribution in [1.82, 2.24) is 15.0 Å². The van der Waals surface area contributed by atoms with Crippen molar-refractivity contribution in [3.8, 4) is 0 Å². The number of hydrogen-bond acceptors (Lipinski definition) is 16. The van der Waals surface area contributed by atoms with Crippen LogP contribution in [0.25, 0.3) is 0 Å². The number of aromatic nitrogens is 3. The van der Waals surface area contributed by atoms with Crippen LogP contribution in [0, 0.1) is 0 Å². The summed E-state index contributed by atoms with van der Waals surface area (Å²) >= 11 is 11.8. The number of ether oxygens (including phenoxy) is 1. The number of nitrogens with one attached hydrogen (secondary N) is 2. The molecule has 22 heteroatoms. The Morgan fingerprint density at radius 1 is 0.980 bits per heavy atom. The van der Waals surface area contributed by atoms with Gasteiger partial charge in [0.1, 0.15) is 10.6 Å². The highest BCUT2D eigenvalue weighted by Gasteiger charge is 2.20. The molecule has 0 fully saturated rings. The van der Waals surface area contributed by atoms with E-state index < -0.39 is 33.1 Å². The van der Waals surface area contributed by atoms with Gasteiger partial charge in [-0.25, -0.2) is 9.79 Å². The quantitative estimate of drug-likeness (QED) is 0.0259. The molecule has 3 aromatic carbocycles. The second-order valence-corrected chi connectivity index (χ2v) is 11.8. The number of azo groups is 1. The van der Waals surface area contributed by atoms with Gasteiger partial charge in [-0.15, -0.1) is 5.11 Å². The predicted molar refractivity (Wildman–Crippen MR) is 186 cm³/mol. The maximum absolute atomic E-state index is 12.8. The number of rotatable bonds is 14. The number of hydrogen-bond donors (Lipinski definition) is 4. The minimum atomic E-state index is -5.05. The largest absolute Gasteiger partial charge is 0.486 e. The predicted octanol–water partition coefficient (Wildman–Crippen LogP) is 4.66. The van der Waals surface area contributed by atoms with Gasteiger partial charge in [-0.1, -0.05) is 36.1 Å². The summed E-state index contributed by atoms with van der Waals surface area (Å²) in [6.45, 7) is 0. The van der Waals surface area contributed by atoms with Crippen LogP contribution in [-0.4, -0.2) is 80.5 Å². The van der Waals surface area contributed by atoms with Crippen molar-refractivity contribution in [3.63, 3.8) is 0 Å². The number of carbonyl (C=O) groups is 3. The van der Waals surface area contributed by atoms with Crippen molar-refractivity contribution in [2.24, 2.45) is 15.2 Å². The van der Waals surface area contributed by atoms with Crippen LogP contribution in [0.3, 0.4) is 0 Å². The fourth-order valence-corrected chi connectivity index (χ4v) is 4.85. The molecule has 0 radical (unpaired) electrons. The number of aliphatic carboxylic acids is 1. The lowest BCUT2D eigenvalue weighted by molar-refractivity contribution is -0.134. The summed E-state index contributed by atoms with van der Waals surface area (Å²) in [5.74, 6) is -3.20. The number of benzene rings is 3. The third-order valence-corrected chi connectivity index (χ3v) is 7.36. The summed E-state index contributed by atoms with van der Waals surface area (Å²) in [4.78, 5) is 51.3. The fraction of sp³-hybridized carbons (Fsp3) is 0.0714. The van der Waals surface area contributed by atoms with Crippen molar-refractivity contribution in [2.45, 2.75) is 5.16 Å². The first-order valence-electron chi connectivity index (χ1n) is 13.2. The lowest BCUT2D eigenvalue weighted by atomic mass is 10.1. The van der Waals surface area contributed by atoms with Gasteiger partial charge < -0.3 is 30.1 Å². The smallest absolute Gasteiger partial charge is 0.449 e. The minimum Gasteiger partial charge on any atom is -0.486 e. The Kier molecular flexibility index (Phi) is 13.9. The number of carboxylic acid groups (broad SMARTS) is 1. The van der Waals surface area contributed by atoms with Crippen LogP contribution in [0.1, 0.15) is 15.9 Å². The molecule has 0 saturated carbocycles. The summed E-state index contributed by atoms with van der Waals surface area (Å²) in [5, 5.41) is 23.0. The van der Waals surface area contributed by atoms with Crippen LogP contribution in [0.5, 0.6) is 0 Å². The Morgan fingerprint density at radius 2 is 1.72 bits per heavy atom. The van der Waals surface area contributed by atoms with Gasteiger partial charge in [-0.05, 0) is 66.2 Å². The van der Waals surface area contributed by atoms with Crippen molar-refractivity contribution < 1.29 is 46.9 Å². The topological polar surface area (TPSA) is 276 Å². The molecule has 1 aromatic heterocycles. The second-order valence-electron chi connectivity index (χ2n) is 9.10. The zero-order valence-corrected chi connectivity index (χ0v) is 28.4. The molecule has 18 nitrogen and oxygen atoms in total. The zero-order chi connectivity index (χ0) is 35.6. The van der Waals surface area contributed by atoms with E-state index >= 15 is 0 Å². The van der Waals surface area contributed by atoms with Crippen molar-refractivity contribution >= 4 is 109 Å². The number of halogens is 1. The van der Waals surface area contributed by atoms with Crippen LogP contribution in [-0.2, 0) is 28.9 Å². The highest BCUT2D eigenvalue weighted by Crippen LogP contribution is 2.33. The van der Waals surface area contributed by atoms with Crippen molar-refractivity contribution in [2.75, 3.05) is 23.5 Å². The zero-order valence-electron chi connectivity index (χ0n) is 25.2. The average Bonchev–Trinajstić information content (AvgIpc) is 3.05. The first-order valence-corrected chi connectivity index (χ1v) is 16.3. The first kappa shape index (κ1) is 39.0. The number of carboxylic acids is 1. The highest BCUT2D eigenvalue weighted by molar-refractivity contribution is 7.99. The van der Waals surface area contributed by atoms with E-state index in [9.17, 15) is 22.8 Å². The Morgan fingerprint density at radius 3 is 2.40 bits per heavy atom. The molecule has 6 N–H and O–H groups in total. The highest BCUT2D eigenvalue weighted by atomic mass is 35.5. The van der Waals surface area contributed by atoms with Crippen LogP contribution in [0.2, 0.25) is 5.28 Å². The summed E-state index contributed by atoms with van der Waals surface area (Å²) in [7, 11) is -3.63. The molecule has 50 heavy (non-hydrogen) atoms. The van der Waals surface area contributed by atoms with Gasteiger partial charge in [-0.2, -0.15) is 28.5 Å². The van der Waals surface area contributed by atoms with Gasteiger partial charge in [0.15, 0.2) is 11.6 Å². The maximum atomic E-state index is 12.8. The van der Waals surface area contributed by atoms with Gasteiger partial charge in [0.25, 0.3) is 5.91 Å². The Labute approximate surface area is 297 Å². The monoisotopic (exact) mass is 762 g/mol. The molecular formula is C28H23ClN8O10S3. The van der Waals surface area contributed by atoms with E-state index in [1.165, 1.54) is 49.9 Å². The molecule has 0 aliphatic rings. The molecule has 4 aromatic rings. The number of nitrogens with zero attached hydrogens (tertiary/aromatic N) is 6. The third-order valence-electron chi connectivity index (χ3n) is 5.59. The van der Waals surface area contributed by atoms with E-state index in [1.807, 2.05) is 0 Å². The molecule has 0 bridgehead atoms. The van der Waals surface area contributed by atoms with E-state index in [2.05, 4.69) is 45.0 Å². The SMILES string of the molecule is COC=Nc1cc(Nc2nc(Cl)nc(SCC(=O)O)n2)ccc1N=Nc1ccc(C(=O)Nc2cccc(C(=S)C(=O)OS(=O)(=O)O)c2)cc1.O. The lowest BCUT2D eigenvalue weighted by Gasteiger charge is -2.08. The van der Waals surface area contributed by atoms with Gasteiger partial charge in [0, 0.05) is 22.5 Å². The van der Waals surface area contributed by atoms with E-state index in [0.29, 0.717) is 22.7 Å². The molecule has 1 heterocycles. The number of aliphatic imine (C=N–C) groups is 1. The standard InChI is InChI=1S/C28H21ClN8O9S3.H2O/c1-45-14-30-21-12-19(32-27-33-26(29)34-28(35-27)48-13-22(38)39)9-10-20(21)37-36-17-7-5-15(6-8-17)24(40)31-18-4-2-3-16(11-18)23(47)25(41)46-49(42,43)44;/h2-12,14H,13H2,1H3,(H,31,40)(H,38,39)(H,42,43,44)(H,32,33,34,35);1H2. The van der Waals surface area contributed by atoms with Crippen molar-refractivity contribution in [3.05, 3.63) is 83.1 Å². The van der Waals surface area contributed by atoms with Gasteiger partial charge in [0.2, 0.25) is 11.2 Å². The van der Waals surface area contributed by atoms with Crippen LogP contribution in [0.15, 0.2) is 87.1 Å². The van der Waals surface area contributed by atoms with Gasteiger partial charge in [0.05, 0.1) is 24.2 Å². The minimum absolute atomic E-state index is 0. The molecule has 0 spiro atoms. The van der Waals surface area contributed by atoms with E-state index in [4.69, 9.17) is 38.2 Å². The lowest BCUT2D eigenvalue weighted by Crippen LogP contribution is -2.20. The average molecular weight is 763 g/mol. The number of carbonyl (C=O) groups excluding carboxylic acids is 2. The Bertz CT molecular complexity index is 2080. The molecule has 1 amide bonds. The number of thioether (sulfide) groups is 1. The fourth-order valence-electron chi connectivity index (χ4n) is 3.59. The maximum Gasteiger partial charge on any atom is 0.449 e. The summed E-state index contributed by atoms with van der Waals surface area (Å²) in [5.41, 5.74) is 2.15. The van der Waals surface area contributed by atoms with Gasteiger partial charge in [-0.3, -0.25) is 14.1 Å². The number of methoxy groups -OCH3 is 1. The normalized spacial score (nSPS) is 11.1. The molecule has 0 aliphatic carbocycles. The van der Waals surface area contributed by atoms with Crippen molar-refractivity contribution in [1.29, 1.82) is 0 Å².